The summed E-state index contributed by atoms with van der Waals surface area (Å²) in [6.07, 6.45) is 0. The number of benzene rings is 1. The van der Waals surface area contributed by atoms with Crippen LogP contribution in [0.15, 0.2) is 12.1 Å². The number of nitrogen functional groups attached to an aromatic ring is 1. The summed E-state index contributed by atoms with van der Waals surface area (Å²) in [6, 6.07) is 2.88. The predicted octanol–water partition coefficient (Wildman–Crippen LogP) is -0.615. The Labute approximate surface area is 120 Å². The van der Waals surface area contributed by atoms with Crippen LogP contribution in [0.5, 0.6) is 11.5 Å². The second-order valence-corrected chi connectivity index (χ2v) is 4.43. The van der Waals surface area contributed by atoms with Crippen LogP contribution in [0.3, 0.4) is 0 Å². The molecule has 1 aromatic carbocycles. The Morgan fingerprint density at radius 1 is 1.14 bits per heavy atom. The zero-order valence-corrected chi connectivity index (χ0v) is 11.6. The Morgan fingerprint density at radius 3 is 2.19 bits per heavy atom. The first-order chi connectivity index (χ1) is 9.96. The highest BCUT2D eigenvalue weighted by Gasteiger charge is 2.28. The largest absolute Gasteiger partial charge is 0.493 e. The molecule has 0 unspecified atom stereocenters. The first kappa shape index (κ1) is 14.6. The summed E-state index contributed by atoms with van der Waals surface area (Å²) in [4.78, 5) is 36.2. The Hall–Kier alpha value is -2.77. The minimum atomic E-state index is -0.529. The smallest absolute Gasteiger partial charge is 0.257 e. The molecule has 1 fully saturated rings. The highest BCUT2D eigenvalue weighted by molar-refractivity contribution is 6.07. The van der Waals surface area contributed by atoms with Gasteiger partial charge >= 0.3 is 0 Å². The van der Waals surface area contributed by atoms with Crippen molar-refractivity contribution >= 4 is 23.4 Å². The van der Waals surface area contributed by atoms with Gasteiger partial charge in [-0.1, -0.05) is 0 Å². The van der Waals surface area contributed by atoms with E-state index in [1.165, 1.54) is 26.4 Å². The third kappa shape index (κ3) is 2.88. The normalized spacial score (nSPS) is 14.7. The molecule has 0 aliphatic carbocycles. The van der Waals surface area contributed by atoms with Gasteiger partial charge in [0, 0.05) is 11.8 Å². The Balaban J connectivity index is 2.34. The SMILES string of the molecule is COc1cc(N)c(C(=O)N2CC(=O)NC(=O)C2)cc1OC. The van der Waals surface area contributed by atoms with E-state index in [0.717, 1.165) is 4.90 Å². The molecule has 1 aliphatic rings. The van der Waals surface area contributed by atoms with E-state index in [1.54, 1.807) is 0 Å². The van der Waals surface area contributed by atoms with Gasteiger partial charge in [-0.05, 0) is 6.07 Å². The number of imide groups is 1. The summed E-state index contributed by atoms with van der Waals surface area (Å²) < 4.78 is 10.2. The molecule has 21 heavy (non-hydrogen) atoms. The number of anilines is 1. The number of hydrogen-bond acceptors (Lipinski definition) is 6. The monoisotopic (exact) mass is 293 g/mol. The number of nitrogens with one attached hydrogen (secondary N) is 1. The van der Waals surface area contributed by atoms with Crippen molar-refractivity contribution in [1.82, 2.24) is 10.2 Å². The van der Waals surface area contributed by atoms with Crippen LogP contribution in [-0.4, -0.2) is 49.9 Å². The molecule has 1 aromatic rings. The van der Waals surface area contributed by atoms with Crippen LogP contribution >= 0.6 is 0 Å². The van der Waals surface area contributed by atoms with Crippen molar-refractivity contribution in [1.29, 1.82) is 0 Å². The lowest BCUT2D eigenvalue weighted by atomic mass is 10.1. The van der Waals surface area contributed by atoms with E-state index in [9.17, 15) is 14.4 Å². The molecule has 8 heteroatoms. The third-order valence-electron chi connectivity index (χ3n) is 3.02. The molecule has 1 aliphatic heterocycles. The van der Waals surface area contributed by atoms with Crippen LogP contribution < -0.4 is 20.5 Å². The highest BCUT2D eigenvalue weighted by atomic mass is 16.5. The van der Waals surface area contributed by atoms with Gasteiger partial charge in [0.2, 0.25) is 11.8 Å². The van der Waals surface area contributed by atoms with Crippen molar-refractivity contribution in [3.8, 4) is 11.5 Å². The van der Waals surface area contributed by atoms with Crippen molar-refractivity contribution in [2.24, 2.45) is 0 Å². The predicted molar refractivity (Wildman–Crippen MR) is 73.0 cm³/mol. The van der Waals surface area contributed by atoms with Crippen LogP contribution in [0.25, 0.3) is 0 Å². The summed E-state index contributed by atoms with van der Waals surface area (Å²) >= 11 is 0. The number of methoxy groups -OCH3 is 2. The van der Waals surface area contributed by atoms with Crippen molar-refractivity contribution < 1.29 is 23.9 Å². The Morgan fingerprint density at radius 2 is 1.67 bits per heavy atom. The number of nitrogens with two attached hydrogens (primary N) is 1. The summed E-state index contributed by atoms with van der Waals surface area (Å²) in [5.74, 6) is -0.851. The molecule has 0 aromatic heterocycles. The number of amides is 3. The van der Waals surface area contributed by atoms with Gasteiger partial charge in [0.15, 0.2) is 11.5 Å². The van der Waals surface area contributed by atoms with E-state index >= 15 is 0 Å². The van der Waals surface area contributed by atoms with E-state index in [1.807, 2.05) is 0 Å². The molecular weight excluding hydrogens is 278 g/mol. The first-order valence-corrected chi connectivity index (χ1v) is 6.09. The fourth-order valence-electron chi connectivity index (χ4n) is 2.03. The molecule has 3 N–H and O–H groups in total. The number of hydrogen-bond donors (Lipinski definition) is 2. The molecule has 0 atom stereocenters. The molecule has 0 radical (unpaired) electrons. The zero-order chi connectivity index (χ0) is 15.6. The van der Waals surface area contributed by atoms with Gasteiger partial charge in [0.25, 0.3) is 5.91 Å². The fraction of sp³-hybridized carbons (Fsp3) is 0.308. The van der Waals surface area contributed by atoms with Crippen molar-refractivity contribution in [2.45, 2.75) is 0 Å². The minimum Gasteiger partial charge on any atom is -0.493 e. The fourth-order valence-corrected chi connectivity index (χ4v) is 2.03. The van der Waals surface area contributed by atoms with Gasteiger partial charge < -0.3 is 20.1 Å². The van der Waals surface area contributed by atoms with Crippen molar-refractivity contribution in [2.75, 3.05) is 33.0 Å². The summed E-state index contributed by atoms with van der Waals surface area (Å²) in [6.45, 7) is -0.392. The highest BCUT2D eigenvalue weighted by Crippen LogP contribution is 2.32. The lowest BCUT2D eigenvalue weighted by Gasteiger charge is -2.26. The van der Waals surface area contributed by atoms with Gasteiger partial charge in [-0.15, -0.1) is 0 Å². The van der Waals surface area contributed by atoms with Gasteiger partial charge in [-0.25, -0.2) is 0 Å². The zero-order valence-electron chi connectivity index (χ0n) is 11.6. The maximum absolute atomic E-state index is 12.4. The number of ether oxygens (including phenoxy) is 2. The van der Waals surface area contributed by atoms with Crippen molar-refractivity contribution in [3.63, 3.8) is 0 Å². The van der Waals surface area contributed by atoms with Gasteiger partial charge in [0.1, 0.15) is 13.1 Å². The van der Waals surface area contributed by atoms with Crippen LogP contribution in [0.1, 0.15) is 10.4 Å². The number of carbonyl (C=O) groups excluding carboxylic acids is 3. The van der Waals surface area contributed by atoms with Crippen LogP contribution in [0, 0.1) is 0 Å². The number of nitrogens with zero attached hydrogens (tertiary/aromatic N) is 1. The maximum atomic E-state index is 12.4. The standard InChI is InChI=1S/C13H15N3O5/c1-20-9-3-7(8(14)4-10(9)21-2)13(19)16-5-11(17)15-12(18)6-16/h3-4H,5-6,14H2,1-2H3,(H,15,17,18). The van der Waals surface area contributed by atoms with E-state index in [0.29, 0.717) is 11.5 Å². The van der Waals surface area contributed by atoms with Gasteiger partial charge in [0.05, 0.1) is 19.8 Å². The second kappa shape index (κ2) is 5.70. The van der Waals surface area contributed by atoms with E-state index in [2.05, 4.69) is 5.32 Å². The summed E-state index contributed by atoms with van der Waals surface area (Å²) in [5, 5.41) is 2.12. The van der Waals surface area contributed by atoms with Crippen LogP contribution in [0.2, 0.25) is 0 Å². The van der Waals surface area contributed by atoms with Crippen LogP contribution in [0.4, 0.5) is 5.69 Å². The molecular formula is C13H15N3O5. The van der Waals surface area contributed by atoms with Crippen LogP contribution in [-0.2, 0) is 9.59 Å². The maximum Gasteiger partial charge on any atom is 0.257 e. The second-order valence-electron chi connectivity index (χ2n) is 4.43. The Bertz CT molecular complexity index is 598. The van der Waals surface area contributed by atoms with E-state index in [4.69, 9.17) is 15.2 Å². The van der Waals surface area contributed by atoms with Crippen molar-refractivity contribution in [3.05, 3.63) is 17.7 Å². The minimum absolute atomic E-state index is 0.148. The quantitative estimate of drug-likeness (QED) is 0.568. The number of rotatable bonds is 3. The Kier molecular flexibility index (Phi) is 3.97. The number of piperazine rings is 1. The molecule has 1 saturated heterocycles. The van der Waals surface area contributed by atoms with E-state index < -0.39 is 17.7 Å². The molecule has 8 nitrogen and oxygen atoms in total. The first-order valence-electron chi connectivity index (χ1n) is 6.09. The molecule has 0 saturated carbocycles. The average molecular weight is 293 g/mol. The molecule has 1 heterocycles. The summed E-state index contributed by atoms with van der Waals surface area (Å²) in [7, 11) is 2.88. The van der Waals surface area contributed by atoms with Gasteiger partial charge in [-0.2, -0.15) is 0 Å². The number of carbonyl (C=O) groups is 3. The molecule has 0 spiro atoms. The topological polar surface area (TPSA) is 111 Å². The van der Waals surface area contributed by atoms with Gasteiger partial charge in [-0.3, -0.25) is 19.7 Å². The summed E-state index contributed by atoms with van der Waals surface area (Å²) in [5.41, 5.74) is 6.15. The molecule has 112 valence electrons. The molecule has 0 bridgehead atoms. The molecule has 2 rings (SSSR count). The lowest BCUT2D eigenvalue weighted by Crippen LogP contribution is -2.53. The molecule has 3 amide bonds. The van der Waals surface area contributed by atoms with E-state index in [-0.39, 0.29) is 24.3 Å². The lowest BCUT2D eigenvalue weighted by molar-refractivity contribution is -0.135. The average Bonchev–Trinajstić information content (AvgIpc) is 2.45. The third-order valence-corrected chi connectivity index (χ3v) is 3.02.